The summed E-state index contributed by atoms with van der Waals surface area (Å²) in [6.07, 6.45) is 0. The summed E-state index contributed by atoms with van der Waals surface area (Å²) in [5.41, 5.74) is 3.33. The quantitative estimate of drug-likeness (QED) is 0.590. The molecule has 0 saturated carbocycles. The van der Waals surface area contributed by atoms with Gasteiger partial charge in [0.25, 0.3) is 0 Å². The van der Waals surface area contributed by atoms with E-state index in [2.05, 4.69) is 5.10 Å². The van der Waals surface area contributed by atoms with Crippen LogP contribution in [0.3, 0.4) is 0 Å². The molecule has 4 rings (SSSR count). The Bertz CT molecular complexity index is 990. The maximum absolute atomic E-state index is 13.2. The number of phenolic OH excluding ortho intramolecular Hbond substituents is 1. The zero-order valence-corrected chi connectivity index (χ0v) is 12.1. The molecule has 0 amide bonds. The Hall–Kier alpha value is -3.14. The molecule has 0 aliphatic heterocycles. The van der Waals surface area contributed by atoms with Crippen molar-refractivity contribution in [1.82, 2.24) is 9.78 Å². The van der Waals surface area contributed by atoms with E-state index in [1.165, 1.54) is 12.1 Å². The Balaban J connectivity index is 1.98. The molecule has 0 bridgehead atoms. The predicted octanol–water partition coefficient (Wildman–Crippen LogP) is 4.54. The lowest BCUT2D eigenvalue weighted by molar-refractivity contribution is 0.475. The van der Waals surface area contributed by atoms with Crippen molar-refractivity contribution in [1.29, 1.82) is 0 Å². The zero-order valence-electron chi connectivity index (χ0n) is 12.1. The summed E-state index contributed by atoms with van der Waals surface area (Å²) in [4.78, 5) is 0. The number of aromatic hydroxyl groups is 1. The average molecular weight is 304 g/mol. The number of halogens is 1. The van der Waals surface area contributed by atoms with Crippen molar-refractivity contribution in [2.24, 2.45) is 0 Å². The smallest absolute Gasteiger partial charge is 0.123 e. The van der Waals surface area contributed by atoms with Gasteiger partial charge < -0.3 is 5.11 Å². The second-order valence-corrected chi connectivity index (χ2v) is 5.30. The minimum absolute atomic E-state index is 0.186. The number of rotatable bonds is 2. The van der Waals surface area contributed by atoms with Gasteiger partial charge in [0.1, 0.15) is 17.3 Å². The summed E-state index contributed by atoms with van der Waals surface area (Å²) in [5.74, 6) is -0.0871. The predicted molar refractivity (Wildman–Crippen MR) is 88.1 cm³/mol. The molecule has 4 heteroatoms. The molecule has 0 aliphatic rings. The van der Waals surface area contributed by atoms with Gasteiger partial charge in [-0.3, -0.25) is 0 Å². The van der Waals surface area contributed by atoms with Crippen LogP contribution < -0.4 is 0 Å². The minimum atomic E-state index is -0.273. The van der Waals surface area contributed by atoms with E-state index in [0.717, 1.165) is 27.8 Å². The first-order chi connectivity index (χ1) is 11.2. The molecule has 0 spiro atoms. The number of para-hydroxylation sites is 1. The molecular weight excluding hydrogens is 291 g/mol. The van der Waals surface area contributed by atoms with Gasteiger partial charge in [-0.15, -0.1) is 0 Å². The molecule has 23 heavy (non-hydrogen) atoms. The van der Waals surface area contributed by atoms with E-state index in [0.29, 0.717) is 0 Å². The Kier molecular flexibility index (Phi) is 3.08. The van der Waals surface area contributed by atoms with Gasteiger partial charge in [-0.25, -0.2) is 9.07 Å². The molecule has 1 heterocycles. The highest BCUT2D eigenvalue weighted by molar-refractivity contribution is 5.94. The summed E-state index contributed by atoms with van der Waals surface area (Å²) < 4.78 is 15.0. The summed E-state index contributed by atoms with van der Waals surface area (Å²) >= 11 is 0. The first kappa shape index (κ1) is 13.5. The largest absolute Gasteiger partial charge is 0.508 e. The fraction of sp³-hybridized carbons (Fsp3) is 0. The van der Waals surface area contributed by atoms with Gasteiger partial charge in [0, 0.05) is 17.0 Å². The monoisotopic (exact) mass is 304 g/mol. The Labute approximate surface area is 132 Å². The summed E-state index contributed by atoms with van der Waals surface area (Å²) in [6, 6.07) is 21.1. The van der Waals surface area contributed by atoms with Crippen molar-refractivity contribution >= 4 is 10.9 Å². The second kappa shape index (κ2) is 5.25. The third-order valence-electron chi connectivity index (χ3n) is 3.78. The highest BCUT2D eigenvalue weighted by Crippen LogP contribution is 2.30. The lowest BCUT2D eigenvalue weighted by atomic mass is 10.1. The van der Waals surface area contributed by atoms with Gasteiger partial charge in [-0.1, -0.05) is 24.3 Å². The molecule has 3 nitrogen and oxygen atoms in total. The highest BCUT2D eigenvalue weighted by atomic mass is 19.1. The Morgan fingerprint density at radius 2 is 1.65 bits per heavy atom. The first-order valence-electron chi connectivity index (χ1n) is 7.25. The van der Waals surface area contributed by atoms with E-state index in [9.17, 15) is 9.50 Å². The molecule has 0 atom stereocenters. The van der Waals surface area contributed by atoms with E-state index < -0.39 is 0 Å². The van der Waals surface area contributed by atoms with Gasteiger partial charge in [0.2, 0.25) is 0 Å². The molecule has 3 aromatic carbocycles. The van der Waals surface area contributed by atoms with Gasteiger partial charge >= 0.3 is 0 Å². The van der Waals surface area contributed by atoms with Crippen LogP contribution in [0.4, 0.5) is 4.39 Å². The Morgan fingerprint density at radius 1 is 0.870 bits per heavy atom. The van der Waals surface area contributed by atoms with Crippen LogP contribution in [-0.2, 0) is 0 Å². The third-order valence-corrected chi connectivity index (χ3v) is 3.78. The van der Waals surface area contributed by atoms with Crippen molar-refractivity contribution < 1.29 is 9.50 Å². The highest BCUT2D eigenvalue weighted by Gasteiger charge is 2.13. The van der Waals surface area contributed by atoms with Gasteiger partial charge in [-0.2, -0.15) is 5.10 Å². The second-order valence-electron chi connectivity index (χ2n) is 5.30. The van der Waals surface area contributed by atoms with E-state index in [4.69, 9.17) is 0 Å². The molecule has 0 fully saturated rings. The van der Waals surface area contributed by atoms with Crippen molar-refractivity contribution in [3.05, 3.63) is 78.6 Å². The number of aromatic nitrogens is 2. The molecule has 0 aliphatic carbocycles. The van der Waals surface area contributed by atoms with Gasteiger partial charge in [-0.05, 0) is 42.5 Å². The van der Waals surface area contributed by atoms with Crippen LogP contribution in [0.15, 0.2) is 72.8 Å². The molecule has 112 valence electrons. The number of benzene rings is 3. The van der Waals surface area contributed by atoms with Crippen LogP contribution in [0, 0.1) is 5.82 Å². The average Bonchev–Trinajstić information content (AvgIpc) is 2.95. The lowest BCUT2D eigenvalue weighted by Gasteiger charge is -2.03. The summed E-state index contributed by atoms with van der Waals surface area (Å²) in [5, 5.41) is 15.4. The van der Waals surface area contributed by atoms with E-state index in [1.807, 2.05) is 30.3 Å². The van der Waals surface area contributed by atoms with E-state index in [-0.39, 0.29) is 11.6 Å². The number of nitrogens with zero attached hydrogens (tertiary/aromatic N) is 2. The molecule has 0 radical (unpaired) electrons. The molecular formula is C19H13FN2O. The van der Waals surface area contributed by atoms with Crippen LogP contribution in [-0.4, -0.2) is 14.9 Å². The fourth-order valence-electron chi connectivity index (χ4n) is 2.71. The lowest BCUT2D eigenvalue weighted by Crippen LogP contribution is -1.96. The number of fused-ring (bicyclic) bond motifs is 1. The third kappa shape index (κ3) is 2.34. The van der Waals surface area contributed by atoms with Crippen LogP contribution in [0.5, 0.6) is 5.75 Å². The van der Waals surface area contributed by atoms with Crippen LogP contribution in [0.1, 0.15) is 0 Å². The normalized spacial score (nSPS) is 11.0. The molecule has 1 N–H and O–H groups in total. The van der Waals surface area contributed by atoms with Crippen LogP contribution in [0.25, 0.3) is 27.8 Å². The van der Waals surface area contributed by atoms with Crippen LogP contribution >= 0.6 is 0 Å². The van der Waals surface area contributed by atoms with E-state index >= 15 is 0 Å². The zero-order chi connectivity index (χ0) is 15.8. The van der Waals surface area contributed by atoms with Gasteiger partial charge in [0.15, 0.2) is 0 Å². The molecule has 1 aromatic heterocycles. The van der Waals surface area contributed by atoms with E-state index in [1.54, 1.807) is 35.0 Å². The van der Waals surface area contributed by atoms with Gasteiger partial charge in [0.05, 0.1) is 11.2 Å². The standard InChI is InChI=1S/C19H13FN2O/c20-14-10-8-13(9-11-14)19-17-6-1-2-7-18(17)22(21-19)15-4-3-5-16(23)12-15/h1-12,23H. The summed E-state index contributed by atoms with van der Waals surface area (Å²) in [6.45, 7) is 0. The topological polar surface area (TPSA) is 38.0 Å². The van der Waals surface area contributed by atoms with Crippen molar-refractivity contribution in [2.75, 3.05) is 0 Å². The first-order valence-corrected chi connectivity index (χ1v) is 7.25. The summed E-state index contributed by atoms with van der Waals surface area (Å²) in [7, 11) is 0. The number of phenols is 1. The maximum Gasteiger partial charge on any atom is 0.123 e. The number of hydrogen-bond donors (Lipinski definition) is 1. The van der Waals surface area contributed by atoms with Crippen molar-refractivity contribution in [2.45, 2.75) is 0 Å². The maximum atomic E-state index is 13.2. The minimum Gasteiger partial charge on any atom is -0.508 e. The molecule has 0 saturated heterocycles. The molecule has 4 aromatic rings. The molecule has 0 unspecified atom stereocenters. The Morgan fingerprint density at radius 3 is 2.43 bits per heavy atom. The van der Waals surface area contributed by atoms with Crippen LogP contribution in [0.2, 0.25) is 0 Å². The van der Waals surface area contributed by atoms with Crippen molar-refractivity contribution in [3.63, 3.8) is 0 Å². The SMILES string of the molecule is Oc1cccc(-n2nc(-c3ccc(F)cc3)c3ccccc32)c1. The fourth-order valence-corrected chi connectivity index (χ4v) is 2.71. The van der Waals surface area contributed by atoms with Crippen molar-refractivity contribution in [3.8, 4) is 22.7 Å². The number of hydrogen-bond acceptors (Lipinski definition) is 2.